The van der Waals surface area contributed by atoms with Crippen molar-refractivity contribution in [2.45, 2.75) is 12.3 Å². The summed E-state index contributed by atoms with van der Waals surface area (Å²) in [5.41, 5.74) is 2.08. The summed E-state index contributed by atoms with van der Waals surface area (Å²) in [6.45, 7) is 2.09. The van der Waals surface area contributed by atoms with E-state index >= 15 is 0 Å². The van der Waals surface area contributed by atoms with Gasteiger partial charge in [-0.1, -0.05) is 49.4 Å². The van der Waals surface area contributed by atoms with Crippen LogP contribution in [0, 0.1) is 0 Å². The van der Waals surface area contributed by atoms with Crippen LogP contribution in [0.25, 0.3) is 0 Å². The van der Waals surface area contributed by atoms with Gasteiger partial charge in [0.15, 0.2) is 0 Å². The summed E-state index contributed by atoms with van der Waals surface area (Å²) >= 11 is 1.74. The molecule has 2 aromatic rings. The standard InChI is InChI=1S/C16H17NO2S/c1-2-20-15(12-8-4-3-5-9-12)17-14-11-7-6-10-13(14)16(18)19/h3-11,15,17H,2H2,1H3,(H,18,19). The van der Waals surface area contributed by atoms with Crippen LogP contribution < -0.4 is 5.32 Å². The van der Waals surface area contributed by atoms with Gasteiger partial charge in [-0.05, 0) is 23.4 Å². The minimum Gasteiger partial charge on any atom is -0.478 e. The number of thioether (sulfide) groups is 1. The Bertz CT molecular complexity index is 572. The Kier molecular flexibility index (Phi) is 5.07. The second-order valence-electron chi connectivity index (χ2n) is 4.24. The minimum absolute atomic E-state index is 0.0432. The van der Waals surface area contributed by atoms with Crippen molar-refractivity contribution in [3.8, 4) is 0 Å². The fourth-order valence-corrected chi connectivity index (χ4v) is 2.85. The van der Waals surface area contributed by atoms with E-state index in [-0.39, 0.29) is 5.37 Å². The SMILES string of the molecule is CCSC(Nc1ccccc1C(=O)O)c1ccccc1. The summed E-state index contributed by atoms with van der Waals surface area (Å²) in [4.78, 5) is 11.3. The van der Waals surface area contributed by atoms with E-state index in [1.807, 2.05) is 36.4 Å². The molecule has 3 nitrogen and oxygen atoms in total. The van der Waals surface area contributed by atoms with Crippen molar-refractivity contribution in [1.82, 2.24) is 0 Å². The van der Waals surface area contributed by atoms with Crippen LogP contribution >= 0.6 is 11.8 Å². The first-order chi connectivity index (χ1) is 9.72. The summed E-state index contributed by atoms with van der Waals surface area (Å²) in [5.74, 6) is 0.0309. The number of hydrogen-bond acceptors (Lipinski definition) is 3. The van der Waals surface area contributed by atoms with Crippen LogP contribution in [-0.2, 0) is 0 Å². The molecule has 104 valence electrons. The van der Waals surface area contributed by atoms with Crippen LogP contribution in [0.4, 0.5) is 5.69 Å². The normalized spacial score (nSPS) is 11.8. The molecular weight excluding hydrogens is 270 g/mol. The average molecular weight is 287 g/mol. The second-order valence-corrected chi connectivity index (χ2v) is 5.62. The number of aromatic carboxylic acids is 1. The van der Waals surface area contributed by atoms with Crippen molar-refractivity contribution in [2.24, 2.45) is 0 Å². The quantitative estimate of drug-likeness (QED) is 0.780. The number of hydrogen-bond donors (Lipinski definition) is 2. The number of carboxylic acids is 1. The summed E-state index contributed by atoms with van der Waals surface area (Å²) < 4.78 is 0. The molecule has 0 saturated carbocycles. The molecule has 2 rings (SSSR count). The Morgan fingerprint density at radius 2 is 1.80 bits per heavy atom. The summed E-state index contributed by atoms with van der Waals surface area (Å²) in [6.07, 6.45) is 0. The molecule has 0 fully saturated rings. The molecule has 0 heterocycles. The molecule has 0 saturated heterocycles. The van der Waals surface area contributed by atoms with Gasteiger partial charge in [0, 0.05) is 5.69 Å². The molecule has 0 aliphatic heterocycles. The van der Waals surface area contributed by atoms with Crippen molar-refractivity contribution >= 4 is 23.4 Å². The molecule has 2 N–H and O–H groups in total. The Balaban J connectivity index is 2.27. The summed E-state index contributed by atoms with van der Waals surface area (Å²) in [5, 5.41) is 12.6. The van der Waals surface area contributed by atoms with Gasteiger partial charge in [0.2, 0.25) is 0 Å². The summed E-state index contributed by atoms with van der Waals surface area (Å²) in [7, 11) is 0. The molecule has 1 unspecified atom stereocenters. The highest BCUT2D eigenvalue weighted by atomic mass is 32.2. The van der Waals surface area contributed by atoms with Gasteiger partial charge in [-0.25, -0.2) is 4.79 Å². The number of anilines is 1. The molecule has 0 aromatic heterocycles. The van der Waals surface area contributed by atoms with E-state index in [2.05, 4.69) is 12.2 Å². The fourth-order valence-electron chi connectivity index (χ4n) is 1.95. The van der Waals surface area contributed by atoms with Crippen LogP contribution in [0.3, 0.4) is 0 Å². The lowest BCUT2D eigenvalue weighted by Crippen LogP contribution is -2.11. The molecule has 0 aliphatic rings. The van der Waals surface area contributed by atoms with Gasteiger partial charge >= 0.3 is 5.97 Å². The zero-order chi connectivity index (χ0) is 14.4. The van der Waals surface area contributed by atoms with Gasteiger partial charge in [0.05, 0.1) is 10.9 Å². The van der Waals surface area contributed by atoms with Gasteiger partial charge in [0.1, 0.15) is 0 Å². The highest BCUT2D eigenvalue weighted by Gasteiger charge is 2.15. The van der Waals surface area contributed by atoms with E-state index in [0.717, 1.165) is 11.3 Å². The topological polar surface area (TPSA) is 49.3 Å². The van der Waals surface area contributed by atoms with E-state index < -0.39 is 5.97 Å². The predicted octanol–water partition coefficient (Wildman–Crippen LogP) is 4.25. The minimum atomic E-state index is -0.915. The highest BCUT2D eigenvalue weighted by Crippen LogP contribution is 2.31. The number of nitrogens with one attached hydrogen (secondary N) is 1. The molecule has 4 heteroatoms. The Morgan fingerprint density at radius 3 is 2.45 bits per heavy atom. The third-order valence-corrected chi connectivity index (χ3v) is 3.94. The number of para-hydroxylation sites is 1. The first kappa shape index (κ1) is 14.5. The van der Waals surface area contributed by atoms with Crippen LogP contribution in [0.5, 0.6) is 0 Å². The second kappa shape index (κ2) is 7.01. The van der Waals surface area contributed by atoms with Crippen molar-refractivity contribution in [1.29, 1.82) is 0 Å². The maximum Gasteiger partial charge on any atom is 0.337 e. The lowest BCUT2D eigenvalue weighted by atomic mass is 10.1. The first-order valence-corrected chi connectivity index (χ1v) is 7.52. The largest absolute Gasteiger partial charge is 0.478 e. The Hall–Kier alpha value is -1.94. The number of benzene rings is 2. The molecule has 0 bridgehead atoms. The molecule has 20 heavy (non-hydrogen) atoms. The molecule has 0 radical (unpaired) electrons. The smallest absolute Gasteiger partial charge is 0.337 e. The Labute approximate surface area is 123 Å². The molecule has 0 aliphatic carbocycles. The Morgan fingerprint density at radius 1 is 1.15 bits per heavy atom. The summed E-state index contributed by atoms with van der Waals surface area (Å²) in [6, 6.07) is 17.0. The van der Waals surface area contributed by atoms with E-state index in [4.69, 9.17) is 0 Å². The van der Waals surface area contributed by atoms with Crippen molar-refractivity contribution in [3.05, 3.63) is 65.7 Å². The van der Waals surface area contributed by atoms with Gasteiger partial charge in [-0.2, -0.15) is 0 Å². The van der Waals surface area contributed by atoms with Gasteiger partial charge in [-0.3, -0.25) is 0 Å². The highest BCUT2D eigenvalue weighted by molar-refractivity contribution is 7.99. The number of rotatable bonds is 6. The monoisotopic (exact) mass is 287 g/mol. The molecule has 2 aromatic carbocycles. The predicted molar refractivity (Wildman–Crippen MR) is 84.3 cm³/mol. The van der Waals surface area contributed by atoms with E-state index in [9.17, 15) is 9.90 Å². The third kappa shape index (κ3) is 3.54. The van der Waals surface area contributed by atoms with Crippen LogP contribution in [0.15, 0.2) is 54.6 Å². The maximum atomic E-state index is 11.3. The first-order valence-electron chi connectivity index (χ1n) is 6.47. The van der Waals surface area contributed by atoms with Gasteiger partial charge < -0.3 is 10.4 Å². The van der Waals surface area contributed by atoms with E-state index in [1.54, 1.807) is 30.0 Å². The van der Waals surface area contributed by atoms with Gasteiger partial charge in [-0.15, -0.1) is 11.8 Å². The van der Waals surface area contributed by atoms with Crippen LogP contribution in [0.2, 0.25) is 0 Å². The fraction of sp³-hybridized carbons (Fsp3) is 0.188. The molecule has 1 atom stereocenters. The van der Waals surface area contributed by atoms with Crippen molar-refractivity contribution in [3.63, 3.8) is 0 Å². The zero-order valence-corrected chi connectivity index (χ0v) is 12.1. The molecular formula is C16H17NO2S. The van der Waals surface area contributed by atoms with Gasteiger partial charge in [0.25, 0.3) is 0 Å². The molecule has 0 amide bonds. The van der Waals surface area contributed by atoms with E-state index in [0.29, 0.717) is 11.3 Å². The van der Waals surface area contributed by atoms with Crippen molar-refractivity contribution < 1.29 is 9.90 Å². The lowest BCUT2D eigenvalue weighted by Gasteiger charge is -2.20. The number of carbonyl (C=O) groups is 1. The lowest BCUT2D eigenvalue weighted by molar-refractivity contribution is 0.0698. The van der Waals surface area contributed by atoms with E-state index in [1.165, 1.54) is 0 Å². The molecule has 0 spiro atoms. The van der Waals surface area contributed by atoms with Crippen molar-refractivity contribution in [2.75, 3.05) is 11.1 Å². The zero-order valence-electron chi connectivity index (χ0n) is 11.2. The number of carboxylic acid groups (broad SMARTS) is 1. The maximum absolute atomic E-state index is 11.3. The van der Waals surface area contributed by atoms with Crippen LogP contribution in [-0.4, -0.2) is 16.8 Å². The third-order valence-electron chi connectivity index (χ3n) is 2.88. The average Bonchev–Trinajstić information content (AvgIpc) is 2.48. The van der Waals surface area contributed by atoms with Crippen LogP contribution in [0.1, 0.15) is 28.2 Å².